The predicted octanol–water partition coefficient (Wildman–Crippen LogP) is 4.58. The van der Waals surface area contributed by atoms with Gasteiger partial charge in [0.15, 0.2) is 0 Å². The lowest BCUT2D eigenvalue weighted by Gasteiger charge is -2.17. The van der Waals surface area contributed by atoms with E-state index in [1.165, 1.54) is 38.5 Å². The van der Waals surface area contributed by atoms with Crippen molar-refractivity contribution < 1.29 is 8.42 Å². The number of rotatable bonds is 6. The molecule has 0 saturated heterocycles. The van der Waals surface area contributed by atoms with Gasteiger partial charge in [0.2, 0.25) is 0 Å². The van der Waals surface area contributed by atoms with Crippen molar-refractivity contribution in [3.8, 4) is 0 Å². The van der Waals surface area contributed by atoms with Gasteiger partial charge < -0.3 is 5.32 Å². The molecular formula is C20H27N3O2S. The Morgan fingerprint density at radius 3 is 2.27 bits per heavy atom. The second kappa shape index (κ2) is 8.54. The third-order valence-corrected chi connectivity index (χ3v) is 6.26. The number of sulfonamides is 1. The molecule has 0 spiro atoms. The number of hydrogen-bond acceptors (Lipinski definition) is 4. The molecule has 0 unspecified atom stereocenters. The second-order valence-electron chi connectivity index (χ2n) is 6.87. The van der Waals surface area contributed by atoms with E-state index in [1.54, 1.807) is 24.4 Å². The molecule has 0 radical (unpaired) electrons. The van der Waals surface area contributed by atoms with Crippen LogP contribution < -0.4 is 10.0 Å². The van der Waals surface area contributed by atoms with Gasteiger partial charge in [-0.05, 0) is 49.1 Å². The Bertz CT molecular complexity index is 794. The summed E-state index contributed by atoms with van der Waals surface area (Å²) in [5.74, 6) is 0.798. The first kappa shape index (κ1) is 18.7. The van der Waals surface area contributed by atoms with Crippen molar-refractivity contribution in [1.29, 1.82) is 0 Å². The van der Waals surface area contributed by atoms with Crippen LogP contribution >= 0.6 is 0 Å². The molecule has 1 aliphatic carbocycles. The lowest BCUT2D eigenvalue weighted by Crippen LogP contribution is -2.19. The number of pyridine rings is 1. The van der Waals surface area contributed by atoms with Crippen LogP contribution in [0.15, 0.2) is 47.5 Å². The number of aromatic nitrogens is 1. The number of nitrogens with one attached hydrogen (secondary N) is 2. The zero-order valence-corrected chi connectivity index (χ0v) is 16.1. The lowest BCUT2D eigenvalue weighted by atomic mass is 10.1. The second-order valence-corrected chi connectivity index (χ2v) is 8.55. The first-order valence-electron chi connectivity index (χ1n) is 9.41. The summed E-state index contributed by atoms with van der Waals surface area (Å²) in [5, 5.41) is 3.47. The summed E-state index contributed by atoms with van der Waals surface area (Å²) >= 11 is 0. The fraction of sp³-hybridized carbons (Fsp3) is 0.450. The van der Waals surface area contributed by atoms with Crippen LogP contribution in [0.2, 0.25) is 0 Å². The third-order valence-electron chi connectivity index (χ3n) is 4.86. The van der Waals surface area contributed by atoms with Crippen molar-refractivity contribution in [2.45, 2.75) is 62.8 Å². The van der Waals surface area contributed by atoms with Gasteiger partial charge in [0, 0.05) is 6.04 Å². The van der Waals surface area contributed by atoms with Gasteiger partial charge in [0.25, 0.3) is 10.0 Å². The molecule has 1 aliphatic rings. The van der Waals surface area contributed by atoms with Gasteiger partial charge in [0.1, 0.15) is 5.82 Å². The largest absolute Gasteiger partial charge is 0.367 e. The monoisotopic (exact) mass is 373 g/mol. The van der Waals surface area contributed by atoms with E-state index in [-0.39, 0.29) is 4.90 Å². The number of nitrogens with zero attached hydrogens (tertiary/aromatic N) is 1. The molecule has 2 aromatic rings. The minimum Gasteiger partial charge on any atom is -0.367 e. The number of aryl methyl sites for hydroxylation is 1. The normalized spacial score (nSPS) is 16.0. The highest BCUT2D eigenvalue weighted by Gasteiger charge is 2.15. The Labute approximate surface area is 156 Å². The molecular weight excluding hydrogens is 346 g/mol. The van der Waals surface area contributed by atoms with Gasteiger partial charge in [-0.25, -0.2) is 13.4 Å². The molecule has 26 heavy (non-hydrogen) atoms. The van der Waals surface area contributed by atoms with Crippen LogP contribution in [0.3, 0.4) is 0 Å². The van der Waals surface area contributed by atoms with Gasteiger partial charge in [-0.3, -0.25) is 4.72 Å². The molecule has 3 rings (SSSR count). The van der Waals surface area contributed by atoms with Gasteiger partial charge in [0.05, 0.1) is 16.8 Å². The van der Waals surface area contributed by atoms with Crippen LogP contribution in [-0.2, 0) is 16.4 Å². The zero-order chi connectivity index (χ0) is 18.4. The fourth-order valence-corrected chi connectivity index (χ4v) is 4.33. The van der Waals surface area contributed by atoms with E-state index in [0.717, 1.165) is 17.8 Å². The average molecular weight is 374 g/mol. The highest BCUT2D eigenvalue weighted by molar-refractivity contribution is 7.92. The highest BCUT2D eigenvalue weighted by Crippen LogP contribution is 2.22. The summed E-state index contributed by atoms with van der Waals surface area (Å²) in [7, 11) is -3.59. The first-order chi connectivity index (χ1) is 12.6. The maximum absolute atomic E-state index is 12.5. The van der Waals surface area contributed by atoms with Gasteiger partial charge in [-0.1, -0.05) is 44.7 Å². The van der Waals surface area contributed by atoms with Crippen LogP contribution in [-0.4, -0.2) is 19.4 Å². The molecule has 0 amide bonds. The molecule has 140 valence electrons. The summed E-state index contributed by atoms with van der Waals surface area (Å²) in [6.07, 6.45) is 9.92. The van der Waals surface area contributed by atoms with E-state index in [2.05, 4.69) is 15.0 Å². The SMILES string of the molecule is CCc1ccc(S(=O)(=O)Nc2ccc(NC3CCCCCC3)nc2)cc1. The quantitative estimate of drug-likeness (QED) is 0.727. The van der Waals surface area contributed by atoms with Crippen molar-refractivity contribution in [3.63, 3.8) is 0 Å². The molecule has 2 N–H and O–H groups in total. The lowest BCUT2D eigenvalue weighted by molar-refractivity contribution is 0.601. The zero-order valence-electron chi connectivity index (χ0n) is 15.2. The molecule has 0 aliphatic heterocycles. The Morgan fingerprint density at radius 2 is 1.69 bits per heavy atom. The van der Waals surface area contributed by atoms with Gasteiger partial charge >= 0.3 is 0 Å². The fourth-order valence-electron chi connectivity index (χ4n) is 3.29. The van der Waals surface area contributed by atoms with Crippen molar-refractivity contribution in [1.82, 2.24) is 4.98 Å². The molecule has 1 aromatic carbocycles. The smallest absolute Gasteiger partial charge is 0.261 e. The average Bonchev–Trinajstić information content (AvgIpc) is 2.92. The molecule has 1 heterocycles. The van der Waals surface area contributed by atoms with E-state index in [0.29, 0.717) is 11.7 Å². The van der Waals surface area contributed by atoms with E-state index < -0.39 is 10.0 Å². The molecule has 1 fully saturated rings. The Morgan fingerprint density at radius 1 is 1.00 bits per heavy atom. The van der Waals surface area contributed by atoms with Gasteiger partial charge in [-0.2, -0.15) is 0 Å². The molecule has 1 aromatic heterocycles. The topological polar surface area (TPSA) is 71.1 Å². The van der Waals surface area contributed by atoms with Crippen molar-refractivity contribution in [3.05, 3.63) is 48.2 Å². The predicted molar refractivity (Wildman–Crippen MR) is 106 cm³/mol. The van der Waals surface area contributed by atoms with E-state index in [9.17, 15) is 8.42 Å². The van der Waals surface area contributed by atoms with Crippen LogP contribution in [0.5, 0.6) is 0 Å². The minimum absolute atomic E-state index is 0.260. The minimum atomic E-state index is -3.59. The molecule has 0 bridgehead atoms. The number of benzene rings is 1. The summed E-state index contributed by atoms with van der Waals surface area (Å²) in [5.41, 5.74) is 1.58. The van der Waals surface area contributed by atoms with Crippen LogP contribution in [0.1, 0.15) is 51.0 Å². The number of anilines is 2. The summed E-state index contributed by atoms with van der Waals surface area (Å²) in [6, 6.07) is 11.0. The Balaban J connectivity index is 1.64. The standard InChI is InChI=1S/C20H27N3O2S/c1-2-16-9-12-19(13-10-16)26(24,25)23-18-11-14-20(21-15-18)22-17-7-5-3-4-6-8-17/h9-15,17,23H,2-8H2,1H3,(H,21,22). The van der Waals surface area contributed by atoms with Crippen molar-refractivity contribution >= 4 is 21.5 Å². The maximum Gasteiger partial charge on any atom is 0.261 e. The molecule has 1 saturated carbocycles. The first-order valence-corrected chi connectivity index (χ1v) is 10.9. The van der Waals surface area contributed by atoms with Crippen molar-refractivity contribution in [2.75, 3.05) is 10.0 Å². The summed E-state index contributed by atoms with van der Waals surface area (Å²) in [6.45, 7) is 2.04. The summed E-state index contributed by atoms with van der Waals surface area (Å²) < 4.78 is 27.6. The molecule has 6 heteroatoms. The maximum atomic E-state index is 12.5. The number of hydrogen-bond donors (Lipinski definition) is 2. The van der Waals surface area contributed by atoms with Crippen molar-refractivity contribution in [2.24, 2.45) is 0 Å². The third kappa shape index (κ3) is 4.97. The molecule has 0 atom stereocenters. The van der Waals surface area contributed by atoms with E-state index in [4.69, 9.17) is 0 Å². The Kier molecular flexibility index (Phi) is 6.14. The van der Waals surface area contributed by atoms with Crippen LogP contribution in [0.4, 0.5) is 11.5 Å². The summed E-state index contributed by atoms with van der Waals surface area (Å²) in [4.78, 5) is 4.63. The van der Waals surface area contributed by atoms with E-state index >= 15 is 0 Å². The van der Waals surface area contributed by atoms with Crippen LogP contribution in [0, 0.1) is 0 Å². The highest BCUT2D eigenvalue weighted by atomic mass is 32.2. The van der Waals surface area contributed by atoms with E-state index in [1.807, 2.05) is 25.1 Å². The van der Waals surface area contributed by atoms with Gasteiger partial charge in [-0.15, -0.1) is 0 Å². The Hall–Kier alpha value is -2.08. The van der Waals surface area contributed by atoms with Crippen LogP contribution in [0.25, 0.3) is 0 Å². The molecule has 5 nitrogen and oxygen atoms in total.